The predicted molar refractivity (Wildman–Crippen MR) is 65.1 cm³/mol. The van der Waals surface area contributed by atoms with E-state index >= 15 is 0 Å². The van der Waals surface area contributed by atoms with Crippen LogP contribution in [0.15, 0.2) is 28.9 Å². The highest BCUT2D eigenvalue weighted by Gasteiger charge is 2.14. The van der Waals surface area contributed by atoms with Gasteiger partial charge in [-0.1, -0.05) is 15.9 Å². The first-order chi connectivity index (χ1) is 7.84. The van der Waals surface area contributed by atoms with Crippen molar-refractivity contribution in [3.05, 3.63) is 28.9 Å². The van der Waals surface area contributed by atoms with E-state index in [4.69, 9.17) is 9.47 Å². The number of hydrogen-bond donors (Lipinski definition) is 0. The van der Waals surface area contributed by atoms with Crippen LogP contribution in [0.2, 0.25) is 0 Å². The molecule has 0 saturated carbocycles. The zero-order valence-corrected chi connectivity index (χ0v) is 10.2. The molecule has 0 N–H and O–H groups in total. The number of benzene rings is 1. The van der Waals surface area contributed by atoms with Crippen LogP contribution in [0, 0.1) is 0 Å². The molecule has 0 unspecified atom stereocenters. The normalized spacial score (nSPS) is 14.8. The lowest BCUT2D eigenvalue weighted by Crippen LogP contribution is -1.97. The number of halogens is 1. The van der Waals surface area contributed by atoms with Gasteiger partial charge in [-0.3, -0.25) is 4.98 Å². The first kappa shape index (κ1) is 9.90. The molecule has 3 nitrogen and oxygen atoms in total. The fourth-order valence-corrected chi connectivity index (χ4v) is 2.15. The minimum Gasteiger partial charge on any atom is -0.489 e. The van der Waals surface area contributed by atoms with Crippen LogP contribution in [0.3, 0.4) is 0 Å². The molecule has 3 rings (SSSR count). The van der Waals surface area contributed by atoms with Crippen LogP contribution in [0.4, 0.5) is 0 Å². The second-order valence-electron chi connectivity index (χ2n) is 3.66. The average Bonchev–Trinajstić information content (AvgIpc) is 2.54. The van der Waals surface area contributed by atoms with Crippen LogP contribution < -0.4 is 9.47 Å². The molecule has 0 fully saturated rings. The van der Waals surface area contributed by atoms with Crippen molar-refractivity contribution in [2.45, 2.75) is 6.42 Å². The summed E-state index contributed by atoms with van der Waals surface area (Å²) in [6.07, 6.45) is 2.64. The van der Waals surface area contributed by atoms with Gasteiger partial charge in [0.05, 0.1) is 24.9 Å². The van der Waals surface area contributed by atoms with Gasteiger partial charge in [0, 0.05) is 16.3 Å². The zero-order chi connectivity index (χ0) is 11.0. The van der Waals surface area contributed by atoms with Gasteiger partial charge < -0.3 is 9.47 Å². The Hall–Kier alpha value is -1.29. The lowest BCUT2D eigenvalue weighted by molar-refractivity contribution is 0.297. The van der Waals surface area contributed by atoms with Crippen LogP contribution in [-0.2, 0) is 0 Å². The zero-order valence-electron chi connectivity index (χ0n) is 8.57. The van der Waals surface area contributed by atoms with E-state index < -0.39 is 0 Å². The van der Waals surface area contributed by atoms with Crippen molar-refractivity contribution in [3.63, 3.8) is 0 Å². The summed E-state index contributed by atoms with van der Waals surface area (Å²) >= 11 is 3.46. The molecule has 1 aromatic carbocycles. The molecule has 0 aliphatic carbocycles. The van der Waals surface area contributed by atoms with E-state index in [0.29, 0.717) is 13.2 Å². The SMILES string of the molecule is Brc1ccc2ncc3c(c2c1)OCCCO3. The minimum absolute atomic E-state index is 0.689. The van der Waals surface area contributed by atoms with Crippen molar-refractivity contribution < 1.29 is 9.47 Å². The van der Waals surface area contributed by atoms with Crippen LogP contribution in [-0.4, -0.2) is 18.2 Å². The number of ether oxygens (including phenoxy) is 2. The number of rotatable bonds is 0. The van der Waals surface area contributed by atoms with E-state index in [1.165, 1.54) is 0 Å². The first-order valence-corrected chi connectivity index (χ1v) is 5.98. The van der Waals surface area contributed by atoms with Gasteiger partial charge in [-0.25, -0.2) is 0 Å². The second kappa shape index (κ2) is 3.94. The second-order valence-corrected chi connectivity index (χ2v) is 4.58. The Labute approximate surface area is 102 Å². The van der Waals surface area contributed by atoms with E-state index in [-0.39, 0.29) is 0 Å². The van der Waals surface area contributed by atoms with Gasteiger partial charge in [0.15, 0.2) is 11.5 Å². The molecule has 1 aliphatic rings. The Kier molecular flexibility index (Phi) is 2.44. The molecule has 1 aromatic heterocycles. The molecule has 2 heterocycles. The number of hydrogen-bond acceptors (Lipinski definition) is 3. The van der Waals surface area contributed by atoms with Gasteiger partial charge in [0.25, 0.3) is 0 Å². The lowest BCUT2D eigenvalue weighted by Gasteiger charge is -2.09. The quantitative estimate of drug-likeness (QED) is 0.742. The number of aromatic nitrogens is 1. The van der Waals surface area contributed by atoms with Gasteiger partial charge in [-0.2, -0.15) is 0 Å². The predicted octanol–water partition coefficient (Wildman–Crippen LogP) is 3.16. The molecule has 0 spiro atoms. The Balaban J connectivity index is 2.28. The highest BCUT2D eigenvalue weighted by atomic mass is 79.9. The van der Waals surface area contributed by atoms with Gasteiger partial charge in [-0.05, 0) is 18.2 Å². The summed E-state index contributed by atoms with van der Waals surface area (Å²) in [5, 5.41) is 0.994. The Morgan fingerprint density at radius 2 is 2.06 bits per heavy atom. The molecule has 0 bridgehead atoms. The number of fused-ring (bicyclic) bond motifs is 3. The molecular weight excluding hydrogens is 270 g/mol. The largest absolute Gasteiger partial charge is 0.489 e. The van der Waals surface area contributed by atoms with Crippen molar-refractivity contribution in [1.29, 1.82) is 0 Å². The summed E-state index contributed by atoms with van der Waals surface area (Å²) in [5.41, 5.74) is 0.924. The maximum Gasteiger partial charge on any atom is 0.180 e. The summed E-state index contributed by atoms with van der Waals surface area (Å²) in [5.74, 6) is 1.55. The summed E-state index contributed by atoms with van der Waals surface area (Å²) in [7, 11) is 0. The van der Waals surface area contributed by atoms with Crippen molar-refractivity contribution in [1.82, 2.24) is 4.98 Å². The monoisotopic (exact) mass is 279 g/mol. The summed E-state index contributed by atoms with van der Waals surface area (Å²) in [6, 6.07) is 5.95. The lowest BCUT2D eigenvalue weighted by atomic mass is 10.2. The molecule has 82 valence electrons. The molecule has 1 aliphatic heterocycles. The minimum atomic E-state index is 0.689. The average molecular weight is 280 g/mol. The molecule has 0 atom stereocenters. The van der Waals surface area contributed by atoms with E-state index in [0.717, 1.165) is 33.3 Å². The van der Waals surface area contributed by atoms with Gasteiger partial charge in [-0.15, -0.1) is 0 Å². The molecule has 2 aromatic rings. The molecular formula is C12H10BrNO2. The van der Waals surface area contributed by atoms with E-state index in [2.05, 4.69) is 20.9 Å². The van der Waals surface area contributed by atoms with Crippen LogP contribution in [0.1, 0.15) is 6.42 Å². The molecule has 4 heteroatoms. The van der Waals surface area contributed by atoms with Crippen molar-refractivity contribution in [3.8, 4) is 11.5 Å². The van der Waals surface area contributed by atoms with E-state index in [9.17, 15) is 0 Å². The van der Waals surface area contributed by atoms with Crippen LogP contribution in [0.25, 0.3) is 10.9 Å². The Morgan fingerprint density at radius 1 is 1.19 bits per heavy atom. The third-order valence-electron chi connectivity index (χ3n) is 2.54. The van der Waals surface area contributed by atoms with Crippen molar-refractivity contribution in [2.75, 3.05) is 13.2 Å². The summed E-state index contributed by atoms with van der Waals surface area (Å²) in [6.45, 7) is 1.38. The topological polar surface area (TPSA) is 31.4 Å². The standard InChI is InChI=1S/C12H10BrNO2/c13-8-2-3-10-9(6-8)12-11(7-14-10)15-4-1-5-16-12/h2-3,6-7H,1,4-5H2. The molecule has 0 radical (unpaired) electrons. The maximum atomic E-state index is 5.73. The summed E-state index contributed by atoms with van der Waals surface area (Å²) in [4.78, 5) is 4.35. The van der Waals surface area contributed by atoms with Crippen LogP contribution >= 0.6 is 15.9 Å². The highest BCUT2D eigenvalue weighted by molar-refractivity contribution is 9.10. The first-order valence-electron chi connectivity index (χ1n) is 5.18. The third kappa shape index (κ3) is 1.63. The Morgan fingerprint density at radius 3 is 3.00 bits per heavy atom. The van der Waals surface area contributed by atoms with Crippen molar-refractivity contribution in [2.24, 2.45) is 0 Å². The van der Waals surface area contributed by atoms with E-state index in [1.54, 1.807) is 6.20 Å². The fourth-order valence-electron chi connectivity index (χ4n) is 1.79. The van der Waals surface area contributed by atoms with Gasteiger partial charge in [0.2, 0.25) is 0 Å². The molecule has 0 amide bonds. The maximum absolute atomic E-state index is 5.73. The Bertz CT molecular complexity index is 542. The smallest absolute Gasteiger partial charge is 0.180 e. The summed E-state index contributed by atoms with van der Waals surface area (Å²) < 4.78 is 12.3. The van der Waals surface area contributed by atoms with Crippen molar-refractivity contribution >= 4 is 26.8 Å². The third-order valence-corrected chi connectivity index (χ3v) is 3.03. The fraction of sp³-hybridized carbons (Fsp3) is 0.250. The molecule has 0 saturated heterocycles. The highest BCUT2D eigenvalue weighted by Crippen LogP contribution is 2.36. The van der Waals surface area contributed by atoms with E-state index in [1.807, 2.05) is 18.2 Å². The number of nitrogens with zero attached hydrogens (tertiary/aromatic N) is 1. The van der Waals surface area contributed by atoms with Crippen LogP contribution in [0.5, 0.6) is 11.5 Å². The van der Waals surface area contributed by atoms with Gasteiger partial charge >= 0.3 is 0 Å². The number of pyridine rings is 1. The molecule has 16 heavy (non-hydrogen) atoms. The van der Waals surface area contributed by atoms with Gasteiger partial charge in [0.1, 0.15) is 0 Å².